The van der Waals surface area contributed by atoms with E-state index in [0.717, 1.165) is 5.56 Å². The molecule has 1 rings (SSSR count). The molecule has 1 atom stereocenters. The standard InChI is InChI=1S/C20H28O5/c1-6-24-18(22)16(19(23)25-7-2)17(21)20(5,13-14(3)4)15-11-9-8-10-12-15/h8-12,14,16H,6-7,13H2,1-5H3. The summed E-state index contributed by atoms with van der Waals surface area (Å²) in [6.45, 7) is 9.22. The number of hydrogen-bond donors (Lipinski definition) is 0. The van der Waals surface area contributed by atoms with Gasteiger partial charge in [-0.25, -0.2) is 0 Å². The van der Waals surface area contributed by atoms with Crippen molar-refractivity contribution in [3.05, 3.63) is 35.9 Å². The largest absolute Gasteiger partial charge is 0.465 e. The molecule has 5 heteroatoms. The van der Waals surface area contributed by atoms with Crippen LogP contribution in [-0.2, 0) is 29.3 Å². The van der Waals surface area contributed by atoms with Crippen LogP contribution in [0.3, 0.4) is 0 Å². The molecule has 0 fully saturated rings. The Balaban J connectivity index is 3.35. The van der Waals surface area contributed by atoms with Gasteiger partial charge in [-0.05, 0) is 38.7 Å². The second-order valence-corrected chi connectivity index (χ2v) is 6.60. The first-order chi connectivity index (χ1) is 11.8. The Hall–Kier alpha value is -2.17. The lowest BCUT2D eigenvalue weighted by Gasteiger charge is -2.32. The molecule has 5 nitrogen and oxygen atoms in total. The average Bonchev–Trinajstić information content (AvgIpc) is 2.55. The van der Waals surface area contributed by atoms with Gasteiger partial charge in [-0.1, -0.05) is 44.2 Å². The van der Waals surface area contributed by atoms with E-state index in [-0.39, 0.29) is 19.1 Å². The first kappa shape index (κ1) is 20.9. The first-order valence-corrected chi connectivity index (χ1v) is 8.71. The number of rotatable bonds is 9. The molecule has 0 saturated heterocycles. The fourth-order valence-corrected chi connectivity index (χ4v) is 3.06. The van der Waals surface area contributed by atoms with Crippen molar-refractivity contribution in [1.82, 2.24) is 0 Å². The van der Waals surface area contributed by atoms with E-state index in [1.165, 1.54) is 0 Å². The van der Waals surface area contributed by atoms with Gasteiger partial charge < -0.3 is 9.47 Å². The molecule has 1 aromatic carbocycles. The molecule has 0 aliphatic carbocycles. The van der Waals surface area contributed by atoms with Crippen LogP contribution in [0.5, 0.6) is 0 Å². The zero-order valence-electron chi connectivity index (χ0n) is 15.7. The van der Waals surface area contributed by atoms with Gasteiger partial charge in [0.1, 0.15) is 0 Å². The number of benzene rings is 1. The van der Waals surface area contributed by atoms with Gasteiger partial charge >= 0.3 is 11.9 Å². The van der Waals surface area contributed by atoms with Crippen molar-refractivity contribution < 1.29 is 23.9 Å². The molecule has 0 radical (unpaired) electrons. The SMILES string of the molecule is CCOC(=O)C(C(=O)OCC)C(=O)C(C)(CC(C)C)c1ccccc1. The molecule has 25 heavy (non-hydrogen) atoms. The lowest BCUT2D eigenvalue weighted by Crippen LogP contribution is -2.46. The van der Waals surface area contributed by atoms with E-state index in [1.807, 2.05) is 44.2 Å². The van der Waals surface area contributed by atoms with Crippen LogP contribution in [0, 0.1) is 11.8 Å². The summed E-state index contributed by atoms with van der Waals surface area (Å²) in [4.78, 5) is 38.0. The third kappa shape index (κ3) is 5.15. The molecule has 0 spiro atoms. The normalized spacial score (nSPS) is 13.4. The smallest absolute Gasteiger partial charge is 0.328 e. The third-order valence-electron chi connectivity index (χ3n) is 4.08. The maximum atomic E-state index is 13.3. The van der Waals surface area contributed by atoms with Crippen LogP contribution in [0.25, 0.3) is 0 Å². The number of Topliss-reactive ketones (excluding diaryl/α,β-unsaturated/α-hetero) is 1. The van der Waals surface area contributed by atoms with Crippen LogP contribution < -0.4 is 0 Å². The van der Waals surface area contributed by atoms with Crippen molar-refractivity contribution >= 4 is 17.7 Å². The highest BCUT2D eigenvalue weighted by Crippen LogP contribution is 2.35. The first-order valence-electron chi connectivity index (χ1n) is 8.71. The van der Waals surface area contributed by atoms with Crippen molar-refractivity contribution in [2.45, 2.75) is 46.5 Å². The van der Waals surface area contributed by atoms with Gasteiger partial charge in [0.05, 0.1) is 18.6 Å². The van der Waals surface area contributed by atoms with Gasteiger partial charge in [0, 0.05) is 0 Å². The van der Waals surface area contributed by atoms with Crippen LogP contribution in [0.4, 0.5) is 0 Å². The van der Waals surface area contributed by atoms with E-state index < -0.39 is 29.1 Å². The minimum atomic E-state index is -1.57. The second kappa shape index (κ2) is 9.35. The van der Waals surface area contributed by atoms with Gasteiger partial charge in [0.25, 0.3) is 0 Å². The van der Waals surface area contributed by atoms with Crippen LogP contribution in [-0.4, -0.2) is 30.9 Å². The summed E-state index contributed by atoms with van der Waals surface area (Å²) in [6.07, 6.45) is 0.505. The maximum absolute atomic E-state index is 13.3. The predicted octanol–water partition coefficient (Wildman–Crippen LogP) is 3.30. The van der Waals surface area contributed by atoms with Gasteiger partial charge in [0.2, 0.25) is 5.92 Å². The van der Waals surface area contributed by atoms with Crippen molar-refractivity contribution in [3.8, 4) is 0 Å². The van der Waals surface area contributed by atoms with E-state index in [4.69, 9.17) is 9.47 Å². The number of hydrogen-bond acceptors (Lipinski definition) is 5. The monoisotopic (exact) mass is 348 g/mol. The molecule has 0 aliphatic rings. The molecular weight excluding hydrogens is 320 g/mol. The number of carbonyl (C=O) groups excluding carboxylic acids is 3. The van der Waals surface area contributed by atoms with Crippen molar-refractivity contribution in [1.29, 1.82) is 0 Å². The predicted molar refractivity (Wildman–Crippen MR) is 95.0 cm³/mol. The van der Waals surface area contributed by atoms with Gasteiger partial charge in [0.15, 0.2) is 5.78 Å². The molecule has 138 valence electrons. The summed E-state index contributed by atoms with van der Waals surface area (Å²) in [5.41, 5.74) is -0.216. The Labute approximate surface area is 149 Å². The average molecular weight is 348 g/mol. The van der Waals surface area contributed by atoms with Crippen molar-refractivity contribution in [2.24, 2.45) is 11.8 Å². The maximum Gasteiger partial charge on any atom is 0.328 e. The molecule has 0 bridgehead atoms. The highest BCUT2D eigenvalue weighted by atomic mass is 16.6. The highest BCUT2D eigenvalue weighted by Gasteiger charge is 2.47. The molecule has 0 N–H and O–H groups in total. The molecule has 0 saturated carbocycles. The third-order valence-corrected chi connectivity index (χ3v) is 4.08. The van der Waals surface area contributed by atoms with Crippen LogP contribution >= 0.6 is 0 Å². The molecule has 0 aliphatic heterocycles. The zero-order valence-corrected chi connectivity index (χ0v) is 15.7. The summed E-state index contributed by atoms with van der Waals surface area (Å²) in [5, 5.41) is 0. The molecule has 0 aromatic heterocycles. The number of esters is 2. The van der Waals surface area contributed by atoms with E-state index >= 15 is 0 Å². The molecule has 1 unspecified atom stereocenters. The van der Waals surface area contributed by atoms with E-state index in [9.17, 15) is 14.4 Å². The number of ketones is 1. The summed E-state index contributed by atoms with van der Waals surface area (Å²) < 4.78 is 9.94. The molecule has 1 aromatic rings. The Morgan fingerprint density at radius 2 is 1.44 bits per heavy atom. The van der Waals surface area contributed by atoms with E-state index in [1.54, 1.807) is 20.8 Å². The Morgan fingerprint density at radius 1 is 0.960 bits per heavy atom. The lowest BCUT2D eigenvalue weighted by atomic mass is 9.69. The van der Waals surface area contributed by atoms with Crippen molar-refractivity contribution in [3.63, 3.8) is 0 Å². The summed E-state index contributed by atoms with van der Waals surface area (Å²) in [6, 6.07) is 9.22. The highest BCUT2D eigenvalue weighted by molar-refractivity contribution is 6.18. The number of ether oxygens (including phenoxy) is 2. The Kier molecular flexibility index (Phi) is 7.81. The zero-order chi connectivity index (χ0) is 19.0. The van der Waals surface area contributed by atoms with Crippen molar-refractivity contribution in [2.75, 3.05) is 13.2 Å². The minimum absolute atomic E-state index is 0.0915. The van der Waals surface area contributed by atoms with Gasteiger partial charge in [-0.3, -0.25) is 14.4 Å². The van der Waals surface area contributed by atoms with Crippen LogP contribution in [0.1, 0.15) is 46.6 Å². The van der Waals surface area contributed by atoms with Gasteiger partial charge in [-0.2, -0.15) is 0 Å². The molecule has 0 amide bonds. The summed E-state index contributed by atoms with van der Waals surface area (Å²) in [5.74, 6) is -3.55. The fourth-order valence-electron chi connectivity index (χ4n) is 3.06. The molecular formula is C20H28O5. The Morgan fingerprint density at radius 3 is 1.84 bits per heavy atom. The lowest BCUT2D eigenvalue weighted by molar-refractivity contribution is -0.165. The van der Waals surface area contributed by atoms with Gasteiger partial charge in [-0.15, -0.1) is 0 Å². The van der Waals surface area contributed by atoms with E-state index in [2.05, 4.69) is 0 Å². The van der Waals surface area contributed by atoms with E-state index in [0.29, 0.717) is 6.42 Å². The van der Waals surface area contributed by atoms with Crippen LogP contribution in [0.2, 0.25) is 0 Å². The number of carbonyl (C=O) groups is 3. The minimum Gasteiger partial charge on any atom is -0.465 e. The summed E-state index contributed by atoms with van der Waals surface area (Å²) >= 11 is 0. The fraction of sp³-hybridized carbons (Fsp3) is 0.550. The quantitative estimate of drug-likeness (QED) is 0.506. The van der Waals surface area contributed by atoms with Crippen LogP contribution in [0.15, 0.2) is 30.3 Å². The summed E-state index contributed by atoms with van der Waals surface area (Å²) in [7, 11) is 0. The Bertz CT molecular complexity index is 575. The topological polar surface area (TPSA) is 69.7 Å². The second-order valence-electron chi connectivity index (χ2n) is 6.60. The molecule has 0 heterocycles.